The molecule has 1 aliphatic rings. The lowest BCUT2D eigenvalue weighted by Gasteiger charge is -2.43. The summed E-state index contributed by atoms with van der Waals surface area (Å²) in [4.78, 5) is 5.00. The van der Waals surface area contributed by atoms with E-state index in [1.165, 1.54) is 24.3 Å². The number of hydrogen-bond acceptors (Lipinski definition) is 4. The average molecular weight is 307 g/mol. The van der Waals surface area contributed by atoms with Crippen LogP contribution in [0.5, 0.6) is 0 Å². The smallest absolute Gasteiger partial charge is 0.0535 e. The van der Waals surface area contributed by atoms with E-state index < -0.39 is 0 Å². The maximum Gasteiger partial charge on any atom is 0.0535 e. The van der Waals surface area contributed by atoms with E-state index in [1.807, 2.05) is 6.20 Å². The van der Waals surface area contributed by atoms with Crippen LogP contribution in [0.3, 0.4) is 0 Å². The highest BCUT2D eigenvalue weighted by molar-refractivity contribution is 5.23. The lowest BCUT2D eigenvalue weighted by molar-refractivity contribution is 0.0618. The molecule has 5 nitrogen and oxygen atoms in total. The maximum absolute atomic E-state index is 4.22. The highest BCUT2D eigenvalue weighted by Gasteiger charge is 2.29. The van der Waals surface area contributed by atoms with Crippen molar-refractivity contribution in [3.05, 3.63) is 17.5 Å². The molecule has 0 unspecified atom stereocenters. The van der Waals surface area contributed by atoms with Gasteiger partial charge in [0.15, 0.2) is 0 Å². The van der Waals surface area contributed by atoms with E-state index in [0.29, 0.717) is 0 Å². The monoisotopic (exact) mass is 307 g/mol. The zero-order chi connectivity index (χ0) is 16.4. The molecule has 1 aromatic heterocycles. The van der Waals surface area contributed by atoms with Gasteiger partial charge in [-0.05, 0) is 20.9 Å². The molecule has 1 saturated heterocycles. The molecular formula is C17H33N5. The topological polar surface area (TPSA) is 47.2 Å². The van der Waals surface area contributed by atoms with Crippen LogP contribution in [0.1, 0.15) is 45.9 Å². The second kappa shape index (κ2) is 6.69. The number of H-pyrrole nitrogens is 1. The Bertz CT molecular complexity index is 464. The molecule has 0 atom stereocenters. The fourth-order valence-electron chi connectivity index (χ4n) is 3.12. The van der Waals surface area contributed by atoms with Gasteiger partial charge in [-0.1, -0.05) is 20.8 Å². The van der Waals surface area contributed by atoms with Crippen LogP contribution >= 0.6 is 0 Å². The van der Waals surface area contributed by atoms with Gasteiger partial charge >= 0.3 is 0 Å². The molecule has 2 heterocycles. The Kier molecular flexibility index (Phi) is 5.30. The second-order valence-corrected chi connectivity index (χ2v) is 8.23. The molecule has 0 bridgehead atoms. The van der Waals surface area contributed by atoms with Crippen molar-refractivity contribution >= 4 is 0 Å². The van der Waals surface area contributed by atoms with Crippen molar-refractivity contribution in [3.8, 4) is 0 Å². The van der Waals surface area contributed by atoms with Gasteiger partial charge in [0, 0.05) is 61.5 Å². The van der Waals surface area contributed by atoms with Crippen molar-refractivity contribution in [2.24, 2.45) is 0 Å². The third-order valence-electron chi connectivity index (χ3n) is 4.70. The van der Waals surface area contributed by atoms with E-state index in [-0.39, 0.29) is 11.0 Å². The molecule has 22 heavy (non-hydrogen) atoms. The van der Waals surface area contributed by atoms with Crippen LogP contribution in [0.15, 0.2) is 6.20 Å². The molecule has 0 spiro atoms. The molecule has 1 aromatic rings. The normalized spacial score (nSPS) is 18.8. The molecule has 1 aliphatic heterocycles. The predicted octanol–water partition coefficient (Wildman–Crippen LogP) is 1.82. The number of nitrogens with zero attached hydrogens (tertiary/aromatic N) is 3. The van der Waals surface area contributed by atoms with Gasteiger partial charge in [-0.25, -0.2) is 0 Å². The summed E-state index contributed by atoms with van der Waals surface area (Å²) in [6, 6.07) is 0. The minimum atomic E-state index is 0.112. The highest BCUT2D eigenvalue weighted by Crippen LogP contribution is 2.23. The van der Waals surface area contributed by atoms with Crippen molar-refractivity contribution in [1.82, 2.24) is 25.3 Å². The first-order valence-corrected chi connectivity index (χ1v) is 8.37. The molecule has 5 heteroatoms. The first-order valence-electron chi connectivity index (χ1n) is 8.37. The summed E-state index contributed by atoms with van der Waals surface area (Å²) < 4.78 is 0. The Balaban J connectivity index is 1.86. The molecule has 0 aromatic carbocycles. The zero-order valence-electron chi connectivity index (χ0n) is 15.2. The van der Waals surface area contributed by atoms with E-state index >= 15 is 0 Å². The van der Waals surface area contributed by atoms with Gasteiger partial charge in [0.25, 0.3) is 0 Å². The van der Waals surface area contributed by atoms with Gasteiger partial charge in [-0.3, -0.25) is 10.00 Å². The average Bonchev–Trinajstić information content (AvgIpc) is 2.87. The number of nitrogens with one attached hydrogen (secondary N) is 2. The molecule has 0 radical (unpaired) electrons. The summed E-state index contributed by atoms with van der Waals surface area (Å²) >= 11 is 0. The summed E-state index contributed by atoms with van der Waals surface area (Å²) in [6.45, 7) is 17.9. The number of piperazine rings is 1. The maximum atomic E-state index is 4.22. The van der Waals surface area contributed by atoms with Gasteiger partial charge in [-0.15, -0.1) is 0 Å². The van der Waals surface area contributed by atoms with Crippen molar-refractivity contribution in [2.45, 2.75) is 52.1 Å². The van der Waals surface area contributed by atoms with Gasteiger partial charge in [0.1, 0.15) is 0 Å². The first-order chi connectivity index (χ1) is 10.2. The highest BCUT2D eigenvalue weighted by atomic mass is 15.3. The zero-order valence-corrected chi connectivity index (χ0v) is 15.2. The minimum absolute atomic E-state index is 0.112. The standard InChI is InChI=1S/C17H33N5/c1-16(2,3)15-14(12-19-20-15)11-18-13-17(4,5)22-9-7-21(6)8-10-22/h12,18H,7-11,13H2,1-6H3,(H,19,20). The minimum Gasteiger partial charge on any atom is -0.311 e. The van der Waals surface area contributed by atoms with Crippen LogP contribution in [0.25, 0.3) is 0 Å². The van der Waals surface area contributed by atoms with Crippen LogP contribution in [0.2, 0.25) is 0 Å². The van der Waals surface area contributed by atoms with Crippen LogP contribution in [0.4, 0.5) is 0 Å². The van der Waals surface area contributed by atoms with Crippen molar-refractivity contribution < 1.29 is 0 Å². The Morgan fingerprint density at radius 1 is 1.14 bits per heavy atom. The third-order valence-corrected chi connectivity index (χ3v) is 4.70. The van der Waals surface area contributed by atoms with Crippen molar-refractivity contribution in [3.63, 3.8) is 0 Å². The van der Waals surface area contributed by atoms with E-state index in [9.17, 15) is 0 Å². The second-order valence-electron chi connectivity index (χ2n) is 8.23. The molecule has 126 valence electrons. The van der Waals surface area contributed by atoms with Crippen molar-refractivity contribution in [2.75, 3.05) is 39.8 Å². The Morgan fingerprint density at radius 3 is 2.36 bits per heavy atom. The predicted molar refractivity (Wildman–Crippen MR) is 92.1 cm³/mol. The quantitative estimate of drug-likeness (QED) is 0.871. The fraction of sp³-hybridized carbons (Fsp3) is 0.824. The molecular weight excluding hydrogens is 274 g/mol. The molecule has 2 N–H and O–H groups in total. The molecule has 1 fully saturated rings. The van der Waals surface area contributed by atoms with Crippen LogP contribution in [-0.4, -0.2) is 65.3 Å². The summed E-state index contributed by atoms with van der Waals surface area (Å²) in [6.07, 6.45) is 1.95. The number of rotatable bonds is 5. The lowest BCUT2D eigenvalue weighted by Crippen LogP contribution is -2.57. The Hall–Kier alpha value is -0.910. The number of hydrogen-bond donors (Lipinski definition) is 2. The summed E-state index contributed by atoms with van der Waals surface area (Å²) in [5.74, 6) is 0. The SMILES string of the molecule is CN1CCN(C(C)(C)CNCc2cn[nH]c2C(C)(C)C)CC1. The molecule has 0 saturated carbocycles. The van der Waals surface area contributed by atoms with Crippen LogP contribution in [0, 0.1) is 0 Å². The summed E-state index contributed by atoms with van der Waals surface area (Å²) in [5, 5.41) is 11.0. The largest absolute Gasteiger partial charge is 0.311 e. The van der Waals surface area contributed by atoms with Crippen LogP contribution < -0.4 is 5.32 Å². The number of aromatic nitrogens is 2. The van der Waals surface area contributed by atoms with E-state index in [0.717, 1.165) is 26.2 Å². The number of aromatic amines is 1. The number of likely N-dealkylation sites (N-methyl/N-ethyl adjacent to an activating group) is 1. The van der Waals surface area contributed by atoms with Gasteiger partial charge in [0.05, 0.1) is 6.20 Å². The third kappa shape index (κ3) is 4.31. The Labute approximate surface area is 135 Å². The lowest BCUT2D eigenvalue weighted by atomic mass is 9.89. The fourth-order valence-corrected chi connectivity index (χ4v) is 3.12. The summed E-state index contributed by atoms with van der Waals surface area (Å²) in [7, 11) is 2.20. The first kappa shape index (κ1) is 17.4. The van der Waals surface area contributed by atoms with E-state index in [2.05, 4.69) is 67.0 Å². The molecule has 2 rings (SSSR count). The summed E-state index contributed by atoms with van der Waals surface area (Å²) in [5.41, 5.74) is 2.81. The van der Waals surface area contributed by atoms with Gasteiger partial charge < -0.3 is 10.2 Å². The van der Waals surface area contributed by atoms with Crippen molar-refractivity contribution in [1.29, 1.82) is 0 Å². The molecule has 0 amide bonds. The van der Waals surface area contributed by atoms with Crippen LogP contribution in [-0.2, 0) is 12.0 Å². The van der Waals surface area contributed by atoms with E-state index in [1.54, 1.807) is 0 Å². The van der Waals surface area contributed by atoms with Gasteiger partial charge in [-0.2, -0.15) is 5.10 Å². The molecule has 0 aliphatic carbocycles. The van der Waals surface area contributed by atoms with E-state index in [4.69, 9.17) is 0 Å². The van der Waals surface area contributed by atoms with Gasteiger partial charge in [0.2, 0.25) is 0 Å². The Morgan fingerprint density at radius 2 is 1.77 bits per heavy atom.